The second-order valence-electron chi connectivity index (χ2n) is 9.78. The molecule has 39 heavy (non-hydrogen) atoms. The van der Waals surface area contributed by atoms with Crippen molar-refractivity contribution in [1.82, 2.24) is 9.47 Å². The second kappa shape index (κ2) is 9.94. The molecule has 198 valence electrons. The average molecular weight is 526 g/mol. The van der Waals surface area contributed by atoms with Crippen LogP contribution in [0.1, 0.15) is 40.5 Å². The number of nitrogens with zero attached hydrogens (tertiary/aromatic N) is 3. The van der Waals surface area contributed by atoms with Gasteiger partial charge in [0.1, 0.15) is 29.9 Å². The number of benzene rings is 3. The molecule has 2 heterocycles. The molecule has 0 saturated heterocycles. The minimum Gasteiger partial charge on any atom is -0.497 e. The zero-order chi connectivity index (χ0) is 27.1. The van der Waals surface area contributed by atoms with Crippen molar-refractivity contribution in [2.45, 2.75) is 24.9 Å². The second-order valence-corrected chi connectivity index (χ2v) is 9.78. The lowest BCUT2D eigenvalue weighted by Gasteiger charge is -2.39. The lowest BCUT2D eigenvalue weighted by Crippen LogP contribution is -2.47. The minimum atomic E-state index is -0.490. The number of para-hydroxylation sites is 2. The van der Waals surface area contributed by atoms with Gasteiger partial charge in [0.2, 0.25) is 5.91 Å². The summed E-state index contributed by atoms with van der Waals surface area (Å²) in [4.78, 5) is 31.4. The van der Waals surface area contributed by atoms with Crippen LogP contribution >= 0.6 is 0 Å². The van der Waals surface area contributed by atoms with E-state index in [1.165, 1.54) is 26.4 Å². The molecule has 0 bridgehead atoms. The molecular formula is C31H28FN3O4. The number of methoxy groups -OCH3 is 2. The van der Waals surface area contributed by atoms with Crippen LogP contribution in [0.5, 0.6) is 11.5 Å². The van der Waals surface area contributed by atoms with Crippen LogP contribution in [0, 0.1) is 5.82 Å². The number of aromatic nitrogens is 1. The largest absolute Gasteiger partial charge is 0.497 e. The van der Waals surface area contributed by atoms with Gasteiger partial charge in [-0.15, -0.1) is 0 Å². The molecule has 1 unspecified atom stereocenters. The highest BCUT2D eigenvalue weighted by molar-refractivity contribution is 6.03. The first-order valence-corrected chi connectivity index (χ1v) is 12.9. The number of amides is 2. The van der Waals surface area contributed by atoms with E-state index in [1.807, 2.05) is 42.6 Å². The summed E-state index contributed by atoms with van der Waals surface area (Å²) >= 11 is 0. The first-order chi connectivity index (χ1) is 19.0. The van der Waals surface area contributed by atoms with E-state index in [0.29, 0.717) is 17.1 Å². The molecule has 2 aliphatic rings. The van der Waals surface area contributed by atoms with Crippen LogP contribution in [0.4, 0.5) is 10.1 Å². The molecule has 8 heteroatoms. The van der Waals surface area contributed by atoms with E-state index in [-0.39, 0.29) is 30.2 Å². The Hall–Kier alpha value is -4.59. The Morgan fingerprint density at radius 3 is 2.21 bits per heavy atom. The van der Waals surface area contributed by atoms with Crippen molar-refractivity contribution in [2.24, 2.45) is 0 Å². The number of anilines is 1. The molecule has 1 saturated carbocycles. The predicted molar refractivity (Wildman–Crippen MR) is 145 cm³/mol. The Labute approximate surface area is 226 Å². The van der Waals surface area contributed by atoms with E-state index in [0.717, 1.165) is 35.5 Å². The normalized spacial score (nSPS) is 15.8. The van der Waals surface area contributed by atoms with Gasteiger partial charge in [-0.2, -0.15) is 0 Å². The Balaban J connectivity index is 1.39. The molecule has 1 fully saturated rings. The first kappa shape index (κ1) is 24.7. The van der Waals surface area contributed by atoms with Crippen LogP contribution in [0.25, 0.3) is 5.69 Å². The van der Waals surface area contributed by atoms with Crippen LogP contribution in [-0.4, -0.2) is 48.1 Å². The number of rotatable bonds is 7. The fourth-order valence-corrected chi connectivity index (χ4v) is 5.29. The fourth-order valence-electron chi connectivity index (χ4n) is 5.29. The van der Waals surface area contributed by atoms with Crippen LogP contribution in [-0.2, 0) is 4.79 Å². The Morgan fingerprint density at radius 2 is 1.56 bits per heavy atom. The third-order valence-corrected chi connectivity index (χ3v) is 7.33. The van der Waals surface area contributed by atoms with Gasteiger partial charge in [0.25, 0.3) is 5.91 Å². The summed E-state index contributed by atoms with van der Waals surface area (Å²) < 4.78 is 26.6. The standard InChI is InChI=1S/C31H28FN3O4/c1-38-24-16-21(17-25(18-24)39-2)31(37)34(23-13-14-23)19-29(36)35-27-7-4-3-6-26(27)33-15-5-8-28(33)30(35)20-9-11-22(32)12-10-20/h3-12,15-18,23,30H,13-14,19H2,1-2H3. The van der Waals surface area contributed by atoms with Crippen molar-refractivity contribution < 1.29 is 23.5 Å². The quantitative estimate of drug-likeness (QED) is 0.325. The highest BCUT2D eigenvalue weighted by atomic mass is 19.1. The van der Waals surface area contributed by atoms with Crippen LogP contribution < -0.4 is 14.4 Å². The van der Waals surface area contributed by atoms with Gasteiger partial charge in [-0.05, 0) is 66.9 Å². The van der Waals surface area contributed by atoms with E-state index in [2.05, 4.69) is 4.57 Å². The molecule has 1 atom stereocenters. The molecule has 2 amide bonds. The zero-order valence-corrected chi connectivity index (χ0v) is 21.7. The molecule has 1 aromatic heterocycles. The van der Waals surface area contributed by atoms with E-state index in [1.54, 1.807) is 40.1 Å². The van der Waals surface area contributed by atoms with Gasteiger partial charge in [0, 0.05) is 23.9 Å². The lowest BCUT2D eigenvalue weighted by molar-refractivity contribution is -0.119. The third kappa shape index (κ3) is 4.52. The maximum atomic E-state index is 14.3. The molecule has 1 aliphatic carbocycles. The highest BCUT2D eigenvalue weighted by Crippen LogP contribution is 2.42. The number of hydrogen-bond donors (Lipinski definition) is 0. The number of halogens is 1. The molecule has 0 spiro atoms. The Morgan fingerprint density at radius 1 is 0.897 bits per heavy atom. The van der Waals surface area contributed by atoms with Crippen LogP contribution in [0.15, 0.2) is 85.1 Å². The topological polar surface area (TPSA) is 64.0 Å². The van der Waals surface area contributed by atoms with Gasteiger partial charge in [-0.1, -0.05) is 24.3 Å². The molecule has 0 radical (unpaired) electrons. The molecule has 6 rings (SSSR count). The summed E-state index contributed by atoms with van der Waals surface area (Å²) in [7, 11) is 3.06. The predicted octanol–water partition coefficient (Wildman–Crippen LogP) is 5.37. The average Bonchev–Trinajstić information content (AvgIpc) is 3.69. The number of ether oxygens (including phenoxy) is 2. The van der Waals surface area contributed by atoms with Gasteiger partial charge < -0.3 is 18.9 Å². The van der Waals surface area contributed by atoms with E-state index < -0.39 is 6.04 Å². The van der Waals surface area contributed by atoms with E-state index in [9.17, 15) is 14.0 Å². The summed E-state index contributed by atoms with van der Waals surface area (Å²) in [5.74, 6) is 0.181. The van der Waals surface area contributed by atoms with Gasteiger partial charge in [0.05, 0.1) is 31.3 Å². The third-order valence-electron chi connectivity index (χ3n) is 7.33. The molecular weight excluding hydrogens is 497 g/mol. The van der Waals surface area contributed by atoms with Crippen LogP contribution in [0.3, 0.4) is 0 Å². The summed E-state index contributed by atoms with van der Waals surface area (Å²) in [6.45, 7) is -0.101. The van der Waals surface area contributed by atoms with E-state index in [4.69, 9.17) is 9.47 Å². The van der Waals surface area contributed by atoms with Crippen LogP contribution in [0.2, 0.25) is 0 Å². The molecule has 0 N–H and O–H groups in total. The maximum absolute atomic E-state index is 14.3. The SMILES string of the molecule is COc1cc(OC)cc(C(=O)N(CC(=O)N2c3ccccc3-n3cccc3C2c2ccc(F)cc2)C2CC2)c1. The Kier molecular flexibility index (Phi) is 6.30. The van der Waals surface area contributed by atoms with Gasteiger partial charge in [-0.3, -0.25) is 14.5 Å². The number of fused-ring (bicyclic) bond motifs is 3. The summed E-state index contributed by atoms with van der Waals surface area (Å²) in [5, 5.41) is 0. The molecule has 1 aliphatic heterocycles. The minimum absolute atomic E-state index is 0.0215. The first-order valence-electron chi connectivity index (χ1n) is 12.9. The summed E-state index contributed by atoms with van der Waals surface area (Å²) in [6.07, 6.45) is 3.63. The summed E-state index contributed by atoms with van der Waals surface area (Å²) in [5.41, 5.74) is 3.66. The zero-order valence-electron chi connectivity index (χ0n) is 21.7. The monoisotopic (exact) mass is 525 g/mol. The highest BCUT2D eigenvalue weighted by Gasteiger charge is 2.40. The van der Waals surface area contributed by atoms with Gasteiger partial charge in [-0.25, -0.2) is 4.39 Å². The van der Waals surface area contributed by atoms with Crippen molar-refractivity contribution in [3.63, 3.8) is 0 Å². The van der Waals surface area contributed by atoms with Crippen molar-refractivity contribution in [3.05, 3.63) is 108 Å². The molecule has 3 aromatic carbocycles. The number of hydrogen-bond acceptors (Lipinski definition) is 4. The van der Waals surface area contributed by atoms with Crippen molar-refractivity contribution >= 4 is 17.5 Å². The number of carbonyl (C=O) groups excluding carboxylic acids is 2. The lowest BCUT2D eigenvalue weighted by atomic mass is 9.97. The van der Waals surface area contributed by atoms with E-state index >= 15 is 0 Å². The van der Waals surface area contributed by atoms with Crippen molar-refractivity contribution in [2.75, 3.05) is 25.7 Å². The number of carbonyl (C=O) groups is 2. The van der Waals surface area contributed by atoms with Crippen molar-refractivity contribution in [3.8, 4) is 17.2 Å². The van der Waals surface area contributed by atoms with Gasteiger partial charge in [0.15, 0.2) is 0 Å². The van der Waals surface area contributed by atoms with Gasteiger partial charge >= 0.3 is 0 Å². The Bertz CT molecular complexity index is 1520. The fraction of sp³-hybridized carbons (Fsp3) is 0.226. The smallest absolute Gasteiger partial charge is 0.254 e. The molecule has 7 nitrogen and oxygen atoms in total. The summed E-state index contributed by atoms with van der Waals surface area (Å²) in [6, 6.07) is 22.3. The maximum Gasteiger partial charge on any atom is 0.254 e. The molecule has 4 aromatic rings. The van der Waals surface area contributed by atoms with Crippen molar-refractivity contribution in [1.29, 1.82) is 0 Å².